The van der Waals surface area contributed by atoms with Crippen molar-refractivity contribution < 1.29 is 9.90 Å². The number of carboxylic acid groups (broad SMARTS) is 1. The minimum atomic E-state index is -0.697. The van der Waals surface area contributed by atoms with Crippen LogP contribution in [0.15, 0.2) is 30.3 Å². The Kier molecular flexibility index (Phi) is 4.48. The number of fused-ring (bicyclic) bond motifs is 1. The zero-order chi connectivity index (χ0) is 17.2. The van der Waals surface area contributed by atoms with Gasteiger partial charge in [-0.15, -0.1) is 5.10 Å². The van der Waals surface area contributed by atoms with Crippen molar-refractivity contribution in [3.63, 3.8) is 0 Å². The summed E-state index contributed by atoms with van der Waals surface area (Å²) < 4.78 is 1.74. The second-order valence-corrected chi connectivity index (χ2v) is 7.03. The fourth-order valence-electron chi connectivity index (χ4n) is 4.48. The van der Waals surface area contributed by atoms with Crippen molar-refractivity contribution in [3.8, 4) is 5.69 Å². The molecule has 25 heavy (non-hydrogen) atoms. The number of aliphatic carboxylic acids is 1. The molecule has 0 bridgehead atoms. The van der Waals surface area contributed by atoms with Crippen LogP contribution in [0.1, 0.15) is 37.9 Å². The van der Waals surface area contributed by atoms with Crippen molar-refractivity contribution in [1.29, 1.82) is 0 Å². The number of carbonyl (C=O) groups is 1. The lowest BCUT2D eigenvalue weighted by Gasteiger charge is -2.32. The van der Waals surface area contributed by atoms with Crippen molar-refractivity contribution in [3.05, 3.63) is 36.2 Å². The maximum atomic E-state index is 11.7. The molecule has 1 saturated carbocycles. The maximum Gasteiger partial charge on any atom is 0.320 e. The molecule has 1 aromatic carbocycles. The normalized spacial score (nSPS) is 26.5. The van der Waals surface area contributed by atoms with E-state index < -0.39 is 5.97 Å². The average molecular weight is 341 g/mol. The number of aromatic nitrogens is 4. The van der Waals surface area contributed by atoms with Crippen LogP contribution in [0, 0.1) is 5.92 Å². The number of benzene rings is 1. The number of para-hydroxylation sites is 1. The first kappa shape index (κ1) is 16.2. The van der Waals surface area contributed by atoms with E-state index in [9.17, 15) is 9.90 Å². The first-order chi connectivity index (χ1) is 12.2. The van der Waals surface area contributed by atoms with Gasteiger partial charge in [0.25, 0.3) is 0 Å². The molecule has 1 aromatic heterocycles. The van der Waals surface area contributed by atoms with E-state index in [-0.39, 0.29) is 6.04 Å². The Hall–Kier alpha value is -2.28. The monoisotopic (exact) mass is 341 g/mol. The highest BCUT2D eigenvalue weighted by Crippen LogP contribution is 2.39. The standard InChI is InChI=1S/C18H23N5O2/c24-18(25)16-12-13-6-4-5-9-15(13)22(16)11-10-17-19-20-21-23(17)14-7-2-1-3-8-14/h1-3,7-8,13,15-16H,4-6,9-12H2,(H,24,25). The first-order valence-electron chi connectivity index (χ1n) is 9.05. The van der Waals surface area contributed by atoms with Crippen LogP contribution >= 0.6 is 0 Å². The van der Waals surface area contributed by atoms with Gasteiger partial charge in [-0.05, 0) is 47.7 Å². The van der Waals surface area contributed by atoms with Crippen LogP contribution in [-0.4, -0.2) is 54.8 Å². The Morgan fingerprint density at radius 2 is 2.00 bits per heavy atom. The molecule has 2 fully saturated rings. The van der Waals surface area contributed by atoms with Gasteiger partial charge in [-0.1, -0.05) is 31.0 Å². The molecule has 2 heterocycles. The molecular weight excluding hydrogens is 318 g/mol. The number of rotatable bonds is 5. The van der Waals surface area contributed by atoms with E-state index >= 15 is 0 Å². The van der Waals surface area contributed by atoms with E-state index in [1.54, 1.807) is 4.68 Å². The molecule has 3 atom stereocenters. The van der Waals surface area contributed by atoms with Gasteiger partial charge in [0.1, 0.15) is 6.04 Å². The molecule has 1 N–H and O–H groups in total. The van der Waals surface area contributed by atoms with Gasteiger partial charge in [0.15, 0.2) is 5.82 Å². The van der Waals surface area contributed by atoms with Crippen LogP contribution in [0.5, 0.6) is 0 Å². The molecule has 0 radical (unpaired) electrons. The fraction of sp³-hybridized carbons (Fsp3) is 0.556. The Labute approximate surface area is 146 Å². The lowest BCUT2D eigenvalue weighted by molar-refractivity contribution is -0.142. The van der Waals surface area contributed by atoms with Gasteiger partial charge < -0.3 is 5.11 Å². The average Bonchev–Trinajstić information content (AvgIpc) is 3.25. The third-order valence-electron chi connectivity index (χ3n) is 5.63. The van der Waals surface area contributed by atoms with E-state index in [0.717, 1.165) is 30.8 Å². The van der Waals surface area contributed by atoms with E-state index in [1.165, 1.54) is 12.8 Å². The van der Waals surface area contributed by atoms with Crippen LogP contribution in [-0.2, 0) is 11.2 Å². The molecule has 1 aliphatic carbocycles. The van der Waals surface area contributed by atoms with E-state index in [1.807, 2.05) is 30.3 Å². The van der Waals surface area contributed by atoms with Crippen LogP contribution in [0.4, 0.5) is 0 Å². The molecule has 4 rings (SSSR count). The van der Waals surface area contributed by atoms with Crippen molar-refractivity contribution >= 4 is 5.97 Å². The molecule has 3 unspecified atom stereocenters. The molecule has 0 spiro atoms. The summed E-state index contributed by atoms with van der Waals surface area (Å²) in [7, 11) is 0. The quantitative estimate of drug-likeness (QED) is 0.894. The number of hydrogen-bond acceptors (Lipinski definition) is 5. The number of carboxylic acids is 1. The van der Waals surface area contributed by atoms with Crippen LogP contribution in [0.2, 0.25) is 0 Å². The highest BCUT2D eigenvalue weighted by Gasteiger charge is 2.44. The predicted octanol–water partition coefficient (Wildman–Crippen LogP) is 1.92. The van der Waals surface area contributed by atoms with Gasteiger partial charge >= 0.3 is 5.97 Å². The Balaban J connectivity index is 1.51. The zero-order valence-electron chi connectivity index (χ0n) is 14.2. The van der Waals surface area contributed by atoms with Crippen LogP contribution in [0.25, 0.3) is 5.69 Å². The van der Waals surface area contributed by atoms with E-state index in [4.69, 9.17) is 0 Å². The van der Waals surface area contributed by atoms with Crippen molar-refractivity contribution in [2.45, 2.75) is 50.6 Å². The summed E-state index contributed by atoms with van der Waals surface area (Å²) in [5.74, 6) is 0.603. The molecule has 7 heteroatoms. The molecule has 1 aliphatic heterocycles. The summed E-state index contributed by atoms with van der Waals surface area (Å²) in [6, 6.07) is 9.83. The Morgan fingerprint density at radius 1 is 1.20 bits per heavy atom. The van der Waals surface area contributed by atoms with Gasteiger partial charge in [0, 0.05) is 19.0 Å². The van der Waals surface area contributed by atoms with Crippen molar-refractivity contribution in [2.24, 2.45) is 5.92 Å². The van der Waals surface area contributed by atoms with Crippen molar-refractivity contribution in [1.82, 2.24) is 25.1 Å². The van der Waals surface area contributed by atoms with Crippen molar-refractivity contribution in [2.75, 3.05) is 6.54 Å². The first-order valence-corrected chi connectivity index (χ1v) is 9.05. The number of nitrogens with zero attached hydrogens (tertiary/aromatic N) is 5. The highest BCUT2D eigenvalue weighted by atomic mass is 16.4. The molecule has 1 saturated heterocycles. The van der Waals surface area contributed by atoms with Gasteiger partial charge in [0.05, 0.1) is 5.69 Å². The van der Waals surface area contributed by atoms with Gasteiger partial charge in [-0.3, -0.25) is 9.69 Å². The number of hydrogen-bond donors (Lipinski definition) is 1. The smallest absolute Gasteiger partial charge is 0.320 e. The SMILES string of the molecule is O=C(O)C1CC2CCCCC2N1CCc1nnnn1-c1ccccc1. The number of likely N-dealkylation sites (tertiary alicyclic amines) is 1. The third-order valence-corrected chi connectivity index (χ3v) is 5.63. The van der Waals surface area contributed by atoms with Crippen LogP contribution in [0.3, 0.4) is 0 Å². The molecular formula is C18H23N5O2. The minimum absolute atomic E-state index is 0.367. The number of tetrazole rings is 1. The molecule has 2 aliphatic rings. The summed E-state index contributed by atoms with van der Waals surface area (Å²) in [5.41, 5.74) is 0.925. The zero-order valence-corrected chi connectivity index (χ0v) is 14.2. The second kappa shape index (κ2) is 6.92. The third kappa shape index (κ3) is 3.16. The van der Waals surface area contributed by atoms with Crippen LogP contribution < -0.4 is 0 Å². The van der Waals surface area contributed by atoms with Gasteiger partial charge in [-0.25, -0.2) is 0 Å². The lowest BCUT2D eigenvalue weighted by Crippen LogP contribution is -2.43. The van der Waals surface area contributed by atoms with Gasteiger partial charge in [-0.2, -0.15) is 4.68 Å². The highest BCUT2D eigenvalue weighted by molar-refractivity contribution is 5.74. The Morgan fingerprint density at radius 3 is 2.80 bits per heavy atom. The topological polar surface area (TPSA) is 84.1 Å². The predicted molar refractivity (Wildman–Crippen MR) is 91.4 cm³/mol. The fourth-order valence-corrected chi connectivity index (χ4v) is 4.48. The largest absolute Gasteiger partial charge is 0.480 e. The Bertz CT molecular complexity index is 732. The van der Waals surface area contributed by atoms with Gasteiger partial charge in [0.2, 0.25) is 0 Å². The maximum absolute atomic E-state index is 11.7. The summed E-state index contributed by atoms with van der Waals surface area (Å²) >= 11 is 0. The molecule has 132 valence electrons. The summed E-state index contributed by atoms with van der Waals surface area (Å²) in [6.45, 7) is 0.686. The molecule has 0 amide bonds. The minimum Gasteiger partial charge on any atom is -0.480 e. The summed E-state index contributed by atoms with van der Waals surface area (Å²) in [4.78, 5) is 13.9. The summed E-state index contributed by atoms with van der Waals surface area (Å²) in [5, 5.41) is 21.7. The second-order valence-electron chi connectivity index (χ2n) is 7.03. The van der Waals surface area contributed by atoms with E-state index in [2.05, 4.69) is 20.4 Å². The lowest BCUT2D eigenvalue weighted by atomic mass is 9.85. The van der Waals surface area contributed by atoms with E-state index in [0.29, 0.717) is 24.9 Å². The molecule has 7 nitrogen and oxygen atoms in total. The summed E-state index contributed by atoms with van der Waals surface area (Å²) in [6.07, 6.45) is 6.13. The molecule has 2 aromatic rings.